The molecular formula is C14H29N3O. The Morgan fingerprint density at radius 3 is 3.00 bits per heavy atom. The summed E-state index contributed by atoms with van der Waals surface area (Å²) >= 11 is 0. The van der Waals surface area contributed by atoms with Crippen LogP contribution in [0.5, 0.6) is 0 Å². The van der Waals surface area contributed by atoms with E-state index in [1.807, 2.05) is 0 Å². The van der Waals surface area contributed by atoms with Crippen molar-refractivity contribution in [2.45, 2.75) is 50.7 Å². The van der Waals surface area contributed by atoms with Crippen LogP contribution in [0.4, 0.5) is 0 Å². The number of piperazine rings is 1. The molecule has 2 saturated heterocycles. The molecule has 0 aromatic carbocycles. The number of hydrogen-bond donors (Lipinski definition) is 1. The molecule has 0 bridgehead atoms. The van der Waals surface area contributed by atoms with Crippen molar-refractivity contribution < 1.29 is 4.74 Å². The molecule has 0 aliphatic carbocycles. The molecule has 3 unspecified atom stereocenters. The molecule has 2 fully saturated rings. The van der Waals surface area contributed by atoms with E-state index in [-0.39, 0.29) is 0 Å². The molecule has 0 saturated carbocycles. The van der Waals surface area contributed by atoms with Crippen LogP contribution >= 0.6 is 0 Å². The van der Waals surface area contributed by atoms with Crippen molar-refractivity contribution in [2.24, 2.45) is 5.73 Å². The highest BCUT2D eigenvalue weighted by Gasteiger charge is 2.34. The van der Waals surface area contributed by atoms with E-state index in [1.165, 1.54) is 32.5 Å². The quantitative estimate of drug-likeness (QED) is 0.716. The largest absolute Gasteiger partial charge is 0.385 e. The summed E-state index contributed by atoms with van der Waals surface area (Å²) in [5, 5.41) is 0. The van der Waals surface area contributed by atoms with Crippen LogP contribution in [0.3, 0.4) is 0 Å². The van der Waals surface area contributed by atoms with Crippen LogP contribution in [0, 0.1) is 0 Å². The van der Waals surface area contributed by atoms with Gasteiger partial charge in [-0.05, 0) is 39.2 Å². The molecule has 0 radical (unpaired) electrons. The smallest absolute Gasteiger partial charge is 0.0462 e. The molecule has 0 spiro atoms. The molecule has 4 heteroatoms. The van der Waals surface area contributed by atoms with Crippen molar-refractivity contribution in [1.29, 1.82) is 0 Å². The normalized spacial score (nSPS) is 31.5. The molecule has 2 aliphatic heterocycles. The number of nitrogens with zero attached hydrogens (tertiary/aromatic N) is 2. The van der Waals surface area contributed by atoms with Gasteiger partial charge in [0.05, 0.1) is 0 Å². The van der Waals surface area contributed by atoms with E-state index >= 15 is 0 Å². The van der Waals surface area contributed by atoms with E-state index in [0.717, 1.165) is 32.0 Å². The van der Waals surface area contributed by atoms with Gasteiger partial charge in [0.15, 0.2) is 0 Å². The third kappa shape index (κ3) is 3.67. The summed E-state index contributed by atoms with van der Waals surface area (Å²) in [6.45, 7) is 7.99. The van der Waals surface area contributed by atoms with Crippen LogP contribution in [0.25, 0.3) is 0 Å². The molecule has 2 rings (SSSR count). The Labute approximate surface area is 111 Å². The van der Waals surface area contributed by atoms with Gasteiger partial charge < -0.3 is 10.5 Å². The number of ether oxygens (including phenoxy) is 1. The summed E-state index contributed by atoms with van der Waals surface area (Å²) in [6, 6.07) is 1.76. The summed E-state index contributed by atoms with van der Waals surface area (Å²) in [4.78, 5) is 5.27. The zero-order valence-electron chi connectivity index (χ0n) is 12.0. The lowest BCUT2D eigenvalue weighted by molar-refractivity contribution is 0.0541. The predicted octanol–water partition coefficient (Wildman–Crippen LogP) is 0.909. The minimum absolute atomic E-state index is 0.301. The van der Waals surface area contributed by atoms with Crippen molar-refractivity contribution in [3.05, 3.63) is 0 Å². The Morgan fingerprint density at radius 1 is 1.39 bits per heavy atom. The van der Waals surface area contributed by atoms with Gasteiger partial charge in [0, 0.05) is 51.5 Å². The summed E-state index contributed by atoms with van der Waals surface area (Å²) in [5.41, 5.74) is 6.23. The van der Waals surface area contributed by atoms with Gasteiger partial charge in [0.25, 0.3) is 0 Å². The molecule has 2 aliphatic rings. The molecule has 0 amide bonds. The first-order valence-electron chi connectivity index (χ1n) is 7.43. The molecule has 2 heterocycles. The average molecular weight is 255 g/mol. The fourth-order valence-corrected chi connectivity index (χ4v) is 3.38. The maximum absolute atomic E-state index is 6.23. The number of methoxy groups -OCH3 is 1. The van der Waals surface area contributed by atoms with E-state index in [2.05, 4.69) is 16.7 Å². The van der Waals surface area contributed by atoms with Gasteiger partial charge in [-0.1, -0.05) is 0 Å². The Bertz CT molecular complexity index is 249. The van der Waals surface area contributed by atoms with Crippen molar-refractivity contribution in [3.8, 4) is 0 Å². The fraction of sp³-hybridized carbons (Fsp3) is 1.00. The van der Waals surface area contributed by atoms with Gasteiger partial charge in [-0.25, -0.2) is 0 Å². The first kappa shape index (κ1) is 14.3. The van der Waals surface area contributed by atoms with Crippen LogP contribution in [0.1, 0.15) is 32.6 Å². The van der Waals surface area contributed by atoms with Gasteiger partial charge in [-0.2, -0.15) is 0 Å². The van der Waals surface area contributed by atoms with Gasteiger partial charge in [0.2, 0.25) is 0 Å². The van der Waals surface area contributed by atoms with Crippen molar-refractivity contribution >= 4 is 0 Å². The lowest BCUT2D eigenvalue weighted by atomic mass is 10.1. The minimum atomic E-state index is 0.301. The van der Waals surface area contributed by atoms with Gasteiger partial charge in [-0.3, -0.25) is 9.80 Å². The molecule has 0 aromatic rings. The lowest BCUT2D eigenvalue weighted by Gasteiger charge is -2.43. The first-order chi connectivity index (χ1) is 8.70. The molecule has 18 heavy (non-hydrogen) atoms. The van der Waals surface area contributed by atoms with E-state index in [1.54, 1.807) is 7.11 Å². The van der Waals surface area contributed by atoms with Crippen molar-refractivity contribution in [1.82, 2.24) is 9.80 Å². The third-order valence-corrected chi connectivity index (χ3v) is 4.46. The first-order valence-corrected chi connectivity index (χ1v) is 7.43. The van der Waals surface area contributed by atoms with Crippen molar-refractivity contribution in [2.75, 3.05) is 39.9 Å². The topological polar surface area (TPSA) is 41.7 Å². The van der Waals surface area contributed by atoms with Crippen LogP contribution in [0.15, 0.2) is 0 Å². The highest BCUT2D eigenvalue weighted by Crippen LogP contribution is 2.24. The number of rotatable bonds is 6. The van der Waals surface area contributed by atoms with E-state index in [9.17, 15) is 0 Å². The summed E-state index contributed by atoms with van der Waals surface area (Å²) in [6.07, 6.45) is 4.91. The van der Waals surface area contributed by atoms with E-state index < -0.39 is 0 Å². The van der Waals surface area contributed by atoms with Gasteiger partial charge in [-0.15, -0.1) is 0 Å². The summed E-state index contributed by atoms with van der Waals surface area (Å²) in [7, 11) is 1.76. The van der Waals surface area contributed by atoms with Crippen LogP contribution in [-0.2, 0) is 4.74 Å². The molecule has 3 atom stereocenters. The molecule has 106 valence electrons. The Hall–Kier alpha value is -0.160. The van der Waals surface area contributed by atoms with Gasteiger partial charge >= 0.3 is 0 Å². The highest BCUT2D eigenvalue weighted by molar-refractivity contribution is 4.91. The summed E-state index contributed by atoms with van der Waals surface area (Å²) < 4.78 is 5.08. The second kappa shape index (κ2) is 6.85. The third-order valence-electron chi connectivity index (χ3n) is 4.46. The second-order valence-electron chi connectivity index (χ2n) is 5.99. The second-order valence-corrected chi connectivity index (χ2v) is 5.99. The number of fused-ring (bicyclic) bond motifs is 1. The standard InChI is InChI=1S/C14H29N3O/c1-12-9-16-7-3-6-14(16)11-17(12)10-13(15)5-4-8-18-2/h12-14H,3-11,15H2,1-2H3. The molecular weight excluding hydrogens is 226 g/mol. The maximum atomic E-state index is 6.23. The number of nitrogens with two attached hydrogens (primary N) is 1. The minimum Gasteiger partial charge on any atom is -0.385 e. The van der Waals surface area contributed by atoms with Crippen LogP contribution < -0.4 is 5.73 Å². The SMILES string of the molecule is COCCCC(N)CN1CC2CCCN2CC1C. The Kier molecular flexibility index (Phi) is 5.42. The maximum Gasteiger partial charge on any atom is 0.0462 e. The Morgan fingerprint density at radius 2 is 2.22 bits per heavy atom. The lowest BCUT2D eigenvalue weighted by Crippen LogP contribution is -2.57. The zero-order valence-corrected chi connectivity index (χ0v) is 12.0. The van der Waals surface area contributed by atoms with Crippen molar-refractivity contribution in [3.63, 3.8) is 0 Å². The summed E-state index contributed by atoms with van der Waals surface area (Å²) in [5.74, 6) is 0. The molecule has 0 aromatic heterocycles. The van der Waals surface area contributed by atoms with E-state index in [0.29, 0.717) is 12.1 Å². The van der Waals surface area contributed by atoms with Crippen LogP contribution in [-0.4, -0.2) is 67.8 Å². The highest BCUT2D eigenvalue weighted by atomic mass is 16.5. The van der Waals surface area contributed by atoms with E-state index in [4.69, 9.17) is 10.5 Å². The molecule has 2 N–H and O–H groups in total. The molecule has 4 nitrogen and oxygen atoms in total. The fourth-order valence-electron chi connectivity index (χ4n) is 3.38. The predicted molar refractivity (Wildman–Crippen MR) is 74.7 cm³/mol. The Balaban J connectivity index is 1.74. The average Bonchev–Trinajstić information content (AvgIpc) is 2.77. The van der Waals surface area contributed by atoms with Crippen LogP contribution in [0.2, 0.25) is 0 Å². The zero-order chi connectivity index (χ0) is 13.0. The number of hydrogen-bond acceptors (Lipinski definition) is 4. The monoisotopic (exact) mass is 255 g/mol. The van der Waals surface area contributed by atoms with Gasteiger partial charge in [0.1, 0.15) is 0 Å².